The van der Waals surface area contributed by atoms with Crippen molar-refractivity contribution in [1.82, 2.24) is 10.2 Å². The minimum atomic E-state index is -4.92. The van der Waals surface area contributed by atoms with Crippen LogP contribution in [0.5, 0.6) is 0 Å². The Morgan fingerprint density at radius 3 is 2.44 bits per heavy atom. The van der Waals surface area contributed by atoms with Gasteiger partial charge >= 0.3 is 6.18 Å². The second-order valence-corrected chi connectivity index (χ2v) is 7.71. The van der Waals surface area contributed by atoms with E-state index in [0.717, 1.165) is 0 Å². The average molecular weight is 447 g/mol. The van der Waals surface area contributed by atoms with Gasteiger partial charge in [0.1, 0.15) is 0 Å². The minimum absolute atomic E-state index is 0.0347. The van der Waals surface area contributed by atoms with Gasteiger partial charge in [0, 0.05) is 19.4 Å². The van der Waals surface area contributed by atoms with Gasteiger partial charge in [-0.05, 0) is 17.7 Å². The molecule has 168 valence electrons. The molecule has 0 saturated carbocycles. The summed E-state index contributed by atoms with van der Waals surface area (Å²) in [5, 5.41) is 11.4. The first kappa shape index (κ1) is 21.8. The van der Waals surface area contributed by atoms with Crippen LogP contribution in [0.1, 0.15) is 28.8 Å². The first-order valence-electron chi connectivity index (χ1n) is 9.97. The van der Waals surface area contributed by atoms with Crippen LogP contribution >= 0.6 is 0 Å². The molecular weight excluding hydrogens is 427 g/mol. The monoisotopic (exact) mass is 447 g/mol. The van der Waals surface area contributed by atoms with E-state index in [1.807, 2.05) is 0 Å². The Hall–Kier alpha value is -3.40. The molecule has 0 spiro atoms. The van der Waals surface area contributed by atoms with E-state index in [2.05, 4.69) is 5.32 Å². The maximum atomic E-state index is 13.5. The number of benzene rings is 2. The standard InChI is InChI=1S/C22H20F3N3O4/c23-22(24,25)17(29)12-26-20(32)21-11-10-18(30)28(21)16-9-5-4-8-15(16)19(31)27(21)13-14-6-2-1-3-7-14/h1-9,17,29H,10-13H2,(H,26,32). The topological polar surface area (TPSA) is 90.0 Å². The van der Waals surface area contributed by atoms with E-state index in [9.17, 15) is 32.7 Å². The molecule has 2 atom stereocenters. The third kappa shape index (κ3) is 3.50. The third-order valence-electron chi connectivity index (χ3n) is 5.75. The summed E-state index contributed by atoms with van der Waals surface area (Å²) in [6.07, 6.45) is -7.86. The van der Waals surface area contributed by atoms with Gasteiger partial charge in [-0.2, -0.15) is 13.2 Å². The van der Waals surface area contributed by atoms with E-state index >= 15 is 0 Å². The minimum Gasteiger partial charge on any atom is -0.382 e. The molecule has 0 radical (unpaired) electrons. The molecule has 1 saturated heterocycles. The van der Waals surface area contributed by atoms with Crippen molar-refractivity contribution in [3.63, 3.8) is 0 Å². The smallest absolute Gasteiger partial charge is 0.382 e. The highest BCUT2D eigenvalue weighted by Crippen LogP contribution is 2.45. The third-order valence-corrected chi connectivity index (χ3v) is 5.75. The Morgan fingerprint density at radius 1 is 1.09 bits per heavy atom. The van der Waals surface area contributed by atoms with Crippen LogP contribution in [0.25, 0.3) is 0 Å². The van der Waals surface area contributed by atoms with Gasteiger partial charge in [0.15, 0.2) is 6.10 Å². The van der Waals surface area contributed by atoms with Crippen molar-refractivity contribution in [2.24, 2.45) is 0 Å². The Bertz CT molecular complexity index is 1060. The Morgan fingerprint density at radius 2 is 1.75 bits per heavy atom. The second-order valence-electron chi connectivity index (χ2n) is 7.71. The Kier molecular flexibility index (Phi) is 5.41. The largest absolute Gasteiger partial charge is 0.416 e. The zero-order chi connectivity index (χ0) is 23.1. The van der Waals surface area contributed by atoms with Crippen LogP contribution in [0, 0.1) is 0 Å². The predicted octanol–water partition coefficient (Wildman–Crippen LogP) is 2.21. The molecule has 2 aliphatic heterocycles. The van der Waals surface area contributed by atoms with Gasteiger partial charge < -0.3 is 15.3 Å². The number of carbonyl (C=O) groups is 3. The molecular formula is C22H20F3N3O4. The number of fused-ring (bicyclic) bond motifs is 3. The summed E-state index contributed by atoms with van der Waals surface area (Å²) in [6, 6.07) is 15.1. The van der Waals surface area contributed by atoms with E-state index in [1.165, 1.54) is 21.9 Å². The first-order chi connectivity index (χ1) is 15.2. The molecule has 2 aromatic rings. The van der Waals surface area contributed by atoms with Crippen molar-refractivity contribution in [3.8, 4) is 0 Å². The number of aliphatic hydroxyl groups is 1. The normalized spacial score (nSPS) is 21.2. The molecule has 0 aliphatic carbocycles. The van der Waals surface area contributed by atoms with Crippen LogP contribution < -0.4 is 10.2 Å². The van der Waals surface area contributed by atoms with Gasteiger partial charge in [0.25, 0.3) is 11.8 Å². The van der Waals surface area contributed by atoms with Crippen LogP contribution in [0.3, 0.4) is 0 Å². The summed E-state index contributed by atoms with van der Waals surface area (Å²) in [5.74, 6) is -1.89. The van der Waals surface area contributed by atoms with Gasteiger partial charge in [-0.3, -0.25) is 19.3 Å². The van der Waals surface area contributed by atoms with Crippen LogP contribution in [-0.2, 0) is 16.1 Å². The zero-order valence-electron chi connectivity index (χ0n) is 16.8. The second kappa shape index (κ2) is 7.94. The quantitative estimate of drug-likeness (QED) is 0.736. The molecule has 1 fully saturated rings. The number of para-hydroxylation sites is 1. The summed E-state index contributed by atoms with van der Waals surface area (Å²) >= 11 is 0. The lowest BCUT2D eigenvalue weighted by Crippen LogP contribution is -2.70. The van der Waals surface area contributed by atoms with E-state index in [0.29, 0.717) is 5.56 Å². The predicted molar refractivity (Wildman–Crippen MR) is 107 cm³/mol. The number of hydrogen-bond donors (Lipinski definition) is 2. The average Bonchev–Trinajstić information content (AvgIpc) is 3.13. The molecule has 10 heteroatoms. The first-order valence-corrected chi connectivity index (χ1v) is 9.97. The van der Waals surface area contributed by atoms with E-state index < -0.39 is 42.2 Å². The maximum absolute atomic E-state index is 13.5. The number of rotatable bonds is 5. The van der Waals surface area contributed by atoms with E-state index in [4.69, 9.17) is 0 Å². The Balaban J connectivity index is 1.78. The van der Waals surface area contributed by atoms with Crippen molar-refractivity contribution in [2.45, 2.75) is 37.3 Å². The van der Waals surface area contributed by atoms with E-state index in [1.54, 1.807) is 42.5 Å². The summed E-state index contributed by atoms with van der Waals surface area (Å²) in [7, 11) is 0. The molecule has 7 nitrogen and oxygen atoms in total. The Labute approximate surface area is 181 Å². The summed E-state index contributed by atoms with van der Waals surface area (Å²) in [6.45, 7) is -1.13. The number of hydrogen-bond acceptors (Lipinski definition) is 4. The van der Waals surface area contributed by atoms with Crippen LogP contribution in [0.4, 0.5) is 18.9 Å². The molecule has 2 N–H and O–H groups in total. The van der Waals surface area contributed by atoms with Crippen LogP contribution in [0.2, 0.25) is 0 Å². The van der Waals surface area contributed by atoms with Crippen molar-refractivity contribution in [1.29, 1.82) is 0 Å². The van der Waals surface area contributed by atoms with Gasteiger partial charge in [-0.15, -0.1) is 0 Å². The molecule has 0 bridgehead atoms. The molecule has 2 heterocycles. The number of carbonyl (C=O) groups excluding carboxylic acids is 3. The van der Waals surface area contributed by atoms with Gasteiger partial charge in [-0.25, -0.2) is 0 Å². The molecule has 32 heavy (non-hydrogen) atoms. The SMILES string of the molecule is O=C1c2ccccc2N2C(=O)CCC2(C(=O)NCC(O)C(F)(F)F)N1Cc1ccccc1. The van der Waals surface area contributed by atoms with Gasteiger partial charge in [-0.1, -0.05) is 42.5 Å². The van der Waals surface area contributed by atoms with Gasteiger partial charge in [0.05, 0.1) is 17.8 Å². The van der Waals surface area contributed by atoms with Crippen molar-refractivity contribution in [2.75, 3.05) is 11.4 Å². The summed E-state index contributed by atoms with van der Waals surface area (Å²) in [4.78, 5) is 42.1. The molecule has 3 amide bonds. The maximum Gasteiger partial charge on any atom is 0.416 e. The number of halogens is 3. The number of aliphatic hydroxyl groups excluding tert-OH is 1. The van der Waals surface area contributed by atoms with E-state index in [-0.39, 0.29) is 30.6 Å². The molecule has 2 aromatic carbocycles. The van der Waals surface area contributed by atoms with Crippen molar-refractivity contribution >= 4 is 23.4 Å². The molecule has 2 unspecified atom stereocenters. The molecule has 2 aliphatic rings. The number of amides is 3. The lowest BCUT2D eigenvalue weighted by molar-refractivity contribution is -0.202. The number of nitrogens with one attached hydrogen (secondary N) is 1. The highest BCUT2D eigenvalue weighted by molar-refractivity contribution is 6.16. The zero-order valence-corrected chi connectivity index (χ0v) is 16.8. The van der Waals surface area contributed by atoms with Crippen molar-refractivity contribution < 1.29 is 32.7 Å². The van der Waals surface area contributed by atoms with Gasteiger partial charge in [0.2, 0.25) is 11.6 Å². The van der Waals surface area contributed by atoms with Crippen molar-refractivity contribution in [3.05, 3.63) is 65.7 Å². The lowest BCUT2D eigenvalue weighted by atomic mass is 9.94. The molecule has 4 rings (SSSR count). The fraction of sp³-hybridized carbons (Fsp3) is 0.318. The van der Waals surface area contributed by atoms with Crippen LogP contribution in [-0.4, -0.2) is 52.2 Å². The number of anilines is 1. The molecule has 0 aromatic heterocycles. The number of alkyl halides is 3. The summed E-state index contributed by atoms with van der Waals surface area (Å²) in [5.41, 5.74) is -0.709. The highest BCUT2D eigenvalue weighted by Gasteiger charge is 2.60. The fourth-order valence-corrected chi connectivity index (χ4v) is 4.22. The number of nitrogens with zero attached hydrogens (tertiary/aromatic N) is 2. The lowest BCUT2D eigenvalue weighted by Gasteiger charge is -2.49. The highest BCUT2D eigenvalue weighted by atomic mass is 19.4. The summed E-state index contributed by atoms with van der Waals surface area (Å²) < 4.78 is 38.3. The fourth-order valence-electron chi connectivity index (χ4n) is 4.22. The van der Waals surface area contributed by atoms with Crippen LogP contribution in [0.15, 0.2) is 54.6 Å².